The number of nitrogens with two attached hydrogens (primary N) is 1. The van der Waals surface area contributed by atoms with E-state index in [2.05, 4.69) is 20.3 Å². The van der Waals surface area contributed by atoms with E-state index in [9.17, 15) is 42.6 Å². The molecule has 2 aromatic heterocycles. The SMILES string of the molecule is Cn1c(Cc2nc3ccc(C(N)=O)cc3[nH]2)nc2ccc(C(=O)NC(CC(=O)NS(=O)(=O)c3ccccc3C(=O)O)C(=O)O)cc21. The van der Waals surface area contributed by atoms with Crippen LogP contribution in [0.15, 0.2) is 65.6 Å². The van der Waals surface area contributed by atoms with Crippen LogP contribution in [-0.4, -0.2) is 73.9 Å². The van der Waals surface area contributed by atoms with Gasteiger partial charge in [-0.3, -0.25) is 14.4 Å². The maximum Gasteiger partial charge on any atom is 0.337 e. The number of carbonyl (C=O) groups is 5. The molecule has 0 saturated heterocycles. The Hall–Kier alpha value is -6.10. The Labute approximate surface area is 259 Å². The zero-order valence-electron chi connectivity index (χ0n) is 23.8. The van der Waals surface area contributed by atoms with E-state index < -0.39 is 62.6 Å². The molecular formula is C29H25N7O9S. The quantitative estimate of drug-likeness (QED) is 0.117. The van der Waals surface area contributed by atoms with E-state index in [1.54, 1.807) is 40.6 Å². The number of carbonyl (C=O) groups excluding carboxylic acids is 3. The summed E-state index contributed by atoms with van der Waals surface area (Å²) in [6, 6.07) is 12.0. The van der Waals surface area contributed by atoms with E-state index in [1.165, 1.54) is 24.3 Å². The topological polar surface area (TPSA) is 257 Å². The molecule has 236 valence electrons. The van der Waals surface area contributed by atoms with Crippen molar-refractivity contribution in [1.29, 1.82) is 0 Å². The molecule has 17 heteroatoms. The Kier molecular flexibility index (Phi) is 8.25. The van der Waals surface area contributed by atoms with Crippen LogP contribution >= 0.6 is 0 Å². The van der Waals surface area contributed by atoms with E-state index in [1.807, 2.05) is 0 Å². The van der Waals surface area contributed by atoms with Gasteiger partial charge in [0.15, 0.2) is 0 Å². The molecule has 16 nitrogen and oxygen atoms in total. The third-order valence-corrected chi connectivity index (χ3v) is 8.46. The summed E-state index contributed by atoms with van der Waals surface area (Å²) < 4.78 is 28.7. The van der Waals surface area contributed by atoms with Gasteiger partial charge in [-0.15, -0.1) is 0 Å². The number of aliphatic carboxylic acids is 1. The van der Waals surface area contributed by atoms with Crippen LogP contribution in [-0.2, 0) is 33.1 Å². The van der Waals surface area contributed by atoms with Gasteiger partial charge in [-0.25, -0.2) is 32.7 Å². The van der Waals surface area contributed by atoms with Crippen molar-refractivity contribution in [2.75, 3.05) is 0 Å². The minimum atomic E-state index is -4.67. The first kappa shape index (κ1) is 31.3. The fraction of sp³-hybridized carbons (Fsp3) is 0.138. The molecule has 5 aromatic rings. The van der Waals surface area contributed by atoms with Gasteiger partial charge < -0.3 is 30.8 Å². The number of nitrogens with zero attached hydrogens (tertiary/aromatic N) is 3. The summed E-state index contributed by atoms with van der Waals surface area (Å²) in [5.41, 5.74) is 7.44. The summed E-state index contributed by atoms with van der Waals surface area (Å²) in [5.74, 6) is -4.72. The lowest BCUT2D eigenvalue weighted by molar-refractivity contribution is -0.141. The molecule has 0 aliphatic rings. The van der Waals surface area contributed by atoms with Gasteiger partial charge in [0, 0.05) is 18.2 Å². The van der Waals surface area contributed by atoms with Crippen molar-refractivity contribution in [3.8, 4) is 0 Å². The Morgan fingerprint density at radius 3 is 2.35 bits per heavy atom. The van der Waals surface area contributed by atoms with Crippen LogP contribution in [0.4, 0.5) is 0 Å². The standard InChI is InChI=1S/C29H25N7O9S/c1-36-21-11-15(7-9-18(21)33-24(36)13-23-31-17-8-6-14(26(30)38)10-19(17)32-23)27(39)34-20(29(42)43)12-25(37)35-46(44,45)22-5-3-2-4-16(22)28(40)41/h2-11,20H,12-13H2,1H3,(H2,30,38)(H,31,32)(H,34,39)(H,35,37)(H,40,41)(H,42,43). The lowest BCUT2D eigenvalue weighted by Gasteiger charge is -2.15. The van der Waals surface area contributed by atoms with Gasteiger partial charge in [-0.05, 0) is 48.5 Å². The summed E-state index contributed by atoms with van der Waals surface area (Å²) in [4.78, 5) is 71.9. The maximum absolute atomic E-state index is 13.0. The van der Waals surface area contributed by atoms with Crippen LogP contribution in [0, 0.1) is 0 Å². The van der Waals surface area contributed by atoms with Gasteiger partial charge in [-0.1, -0.05) is 12.1 Å². The van der Waals surface area contributed by atoms with Crippen molar-refractivity contribution in [2.45, 2.75) is 23.8 Å². The Morgan fingerprint density at radius 1 is 0.957 bits per heavy atom. The number of amides is 3. The third kappa shape index (κ3) is 6.39. The molecule has 2 heterocycles. The number of carboxylic acids is 2. The fourth-order valence-corrected chi connectivity index (χ4v) is 5.94. The van der Waals surface area contributed by atoms with Crippen LogP contribution in [0.25, 0.3) is 22.1 Å². The molecule has 5 rings (SSSR count). The van der Waals surface area contributed by atoms with E-state index in [4.69, 9.17) is 5.73 Å². The van der Waals surface area contributed by atoms with Crippen LogP contribution in [0.2, 0.25) is 0 Å². The molecule has 3 aromatic carbocycles. The number of primary amides is 1. The number of hydrogen-bond acceptors (Lipinski definition) is 9. The van der Waals surface area contributed by atoms with Gasteiger partial charge >= 0.3 is 11.9 Å². The molecule has 46 heavy (non-hydrogen) atoms. The lowest BCUT2D eigenvalue weighted by atomic mass is 10.1. The summed E-state index contributed by atoms with van der Waals surface area (Å²) in [7, 11) is -2.95. The number of nitrogens with one attached hydrogen (secondary N) is 3. The number of aryl methyl sites for hydroxylation is 1. The molecule has 0 saturated carbocycles. The number of aromatic carboxylic acids is 1. The molecule has 0 spiro atoms. The minimum Gasteiger partial charge on any atom is -0.480 e. The molecule has 7 N–H and O–H groups in total. The molecule has 1 unspecified atom stereocenters. The molecule has 0 aliphatic heterocycles. The first-order chi connectivity index (χ1) is 21.7. The number of fused-ring (bicyclic) bond motifs is 2. The van der Waals surface area contributed by atoms with E-state index in [0.717, 1.165) is 12.1 Å². The van der Waals surface area contributed by atoms with Gasteiger partial charge in [0.05, 0.1) is 40.5 Å². The highest BCUT2D eigenvalue weighted by molar-refractivity contribution is 7.90. The van der Waals surface area contributed by atoms with Crippen molar-refractivity contribution in [1.82, 2.24) is 29.6 Å². The van der Waals surface area contributed by atoms with E-state index in [0.29, 0.717) is 39.3 Å². The molecule has 0 radical (unpaired) electrons. The van der Waals surface area contributed by atoms with Crippen LogP contribution < -0.4 is 15.8 Å². The molecular weight excluding hydrogens is 622 g/mol. The number of aromatic amines is 1. The first-order valence-corrected chi connectivity index (χ1v) is 14.9. The summed E-state index contributed by atoms with van der Waals surface area (Å²) >= 11 is 0. The Balaban J connectivity index is 1.30. The van der Waals surface area contributed by atoms with Crippen molar-refractivity contribution in [2.24, 2.45) is 12.8 Å². The normalized spacial score (nSPS) is 12.1. The maximum atomic E-state index is 13.0. The Bertz CT molecular complexity index is 2190. The first-order valence-electron chi connectivity index (χ1n) is 13.4. The molecule has 3 amide bonds. The number of benzene rings is 3. The average molecular weight is 648 g/mol. The number of sulfonamides is 1. The fourth-order valence-electron chi connectivity index (χ4n) is 4.74. The van der Waals surface area contributed by atoms with Gasteiger partial charge in [0.25, 0.3) is 15.9 Å². The minimum absolute atomic E-state index is 0.0411. The Morgan fingerprint density at radius 2 is 1.65 bits per heavy atom. The zero-order chi connectivity index (χ0) is 33.3. The number of carboxylic acid groups (broad SMARTS) is 2. The number of aromatic nitrogens is 4. The second-order valence-corrected chi connectivity index (χ2v) is 11.8. The number of hydrogen-bond donors (Lipinski definition) is 6. The second-order valence-electron chi connectivity index (χ2n) is 10.1. The average Bonchev–Trinajstić information content (AvgIpc) is 3.55. The van der Waals surface area contributed by atoms with E-state index >= 15 is 0 Å². The predicted molar refractivity (Wildman–Crippen MR) is 160 cm³/mol. The van der Waals surface area contributed by atoms with Crippen molar-refractivity contribution in [3.63, 3.8) is 0 Å². The highest BCUT2D eigenvalue weighted by atomic mass is 32.2. The smallest absolute Gasteiger partial charge is 0.337 e. The van der Waals surface area contributed by atoms with Crippen molar-refractivity contribution >= 4 is 61.8 Å². The van der Waals surface area contributed by atoms with Crippen LogP contribution in [0.3, 0.4) is 0 Å². The van der Waals surface area contributed by atoms with Crippen LogP contribution in [0.1, 0.15) is 49.1 Å². The highest BCUT2D eigenvalue weighted by Crippen LogP contribution is 2.21. The second kappa shape index (κ2) is 12.1. The highest BCUT2D eigenvalue weighted by Gasteiger charge is 2.29. The van der Waals surface area contributed by atoms with Gasteiger partial charge in [0.2, 0.25) is 11.8 Å². The molecule has 0 aliphatic carbocycles. The predicted octanol–water partition coefficient (Wildman–Crippen LogP) is 0.916. The molecule has 0 bridgehead atoms. The molecule has 1 atom stereocenters. The van der Waals surface area contributed by atoms with Crippen LogP contribution in [0.5, 0.6) is 0 Å². The molecule has 0 fully saturated rings. The third-order valence-electron chi connectivity index (χ3n) is 7.02. The largest absolute Gasteiger partial charge is 0.480 e. The van der Waals surface area contributed by atoms with Gasteiger partial charge in [-0.2, -0.15) is 0 Å². The van der Waals surface area contributed by atoms with Crippen molar-refractivity contribution in [3.05, 3.63) is 89.0 Å². The number of imidazole rings is 2. The van der Waals surface area contributed by atoms with E-state index in [-0.39, 0.29) is 12.0 Å². The monoisotopic (exact) mass is 647 g/mol. The number of rotatable bonds is 11. The summed E-state index contributed by atoms with van der Waals surface area (Å²) in [6.45, 7) is 0. The summed E-state index contributed by atoms with van der Waals surface area (Å²) in [5, 5.41) is 21.1. The van der Waals surface area contributed by atoms with Gasteiger partial charge in [0.1, 0.15) is 22.6 Å². The zero-order valence-corrected chi connectivity index (χ0v) is 24.7. The lowest BCUT2D eigenvalue weighted by Crippen LogP contribution is -2.45. The summed E-state index contributed by atoms with van der Waals surface area (Å²) in [6.07, 6.45) is -0.699. The van der Waals surface area contributed by atoms with Crippen molar-refractivity contribution < 1.29 is 42.6 Å². The number of H-pyrrole nitrogens is 1.